The van der Waals surface area contributed by atoms with Crippen LogP contribution in [0.4, 0.5) is 19.0 Å². The third-order valence-electron chi connectivity index (χ3n) is 4.98. The number of nitrogens with one attached hydrogen (secondary N) is 2. The number of halogens is 3. The molecule has 7 nitrogen and oxygen atoms in total. The number of benzene rings is 1. The van der Waals surface area contributed by atoms with E-state index >= 15 is 0 Å². The number of hydrogen-bond acceptors (Lipinski definition) is 5. The molecule has 1 amide bonds. The SMILES string of the molecule is COc1cccc([C@H]2C[C@@H](C(F)(F)F)n3ncc(C(=O)NCc4ccco4)c3N2)c1. The fourth-order valence-electron chi connectivity index (χ4n) is 3.48. The Morgan fingerprint density at radius 3 is 2.90 bits per heavy atom. The van der Waals surface area contributed by atoms with Crippen LogP contribution in [0.1, 0.15) is 40.2 Å². The summed E-state index contributed by atoms with van der Waals surface area (Å²) in [6.45, 7) is 0.110. The third kappa shape index (κ3) is 3.85. The molecule has 3 aromatic rings. The lowest BCUT2D eigenvalue weighted by molar-refractivity contribution is -0.173. The molecule has 0 spiro atoms. The van der Waals surface area contributed by atoms with E-state index < -0.39 is 24.2 Å². The molecule has 1 aromatic carbocycles. The molecule has 0 bridgehead atoms. The van der Waals surface area contributed by atoms with Gasteiger partial charge in [-0.15, -0.1) is 0 Å². The zero-order valence-corrected chi connectivity index (χ0v) is 15.9. The van der Waals surface area contributed by atoms with E-state index in [0.717, 1.165) is 10.9 Å². The van der Waals surface area contributed by atoms with Crippen molar-refractivity contribution in [3.8, 4) is 5.75 Å². The van der Waals surface area contributed by atoms with Crippen LogP contribution in [0.3, 0.4) is 0 Å². The fraction of sp³-hybridized carbons (Fsp3) is 0.300. The largest absolute Gasteiger partial charge is 0.497 e. The van der Waals surface area contributed by atoms with Crippen LogP contribution in [-0.4, -0.2) is 29.0 Å². The standard InChI is InChI=1S/C20H19F3N4O3/c1-29-13-5-2-4-12(8-13)16-9-17(20(21,22)23)27-18(26-16)15(11-25-27)19(28)24-10-14-6-3-7-30-14/h2-8,11,16-17,26H,9-10H2,1H3,(H,24,28)/t16-,17+/m1/s1. The Bertz CT molecular complexity index is 1030. The molecule has 0 fully saturated rings. The number of ether oxygens (including phenoxy) is 1. The second kappa shape index (κ2) is 7.77. The van der Waals surface area contributed by atoms with E-state index in [1.807, 2.05) is 0 Å². The van der Waals surface area contributed by atoms with Gasteiger partial charge in [-0.1, -0.05) is 12.1 Å². The van der Waals surface area contributed by atoms with Crippen molar-refractivity contribution in [1.29, 1.82) is 0 Å². The molecule has 4 rings (SSSR count). The van der Waals surface area contributed by atoms with Crippen molar-refractivity contribution in [2.75, 3.05) is 12.4 Å². The molecule has 0 radical (unpaired) electrons. The molecular weight excluding hydrogens is 401 g/mol. The highest BCUT2D eigenvalue weighted by Gasteiger charge is 2.47. The van der Waals surface area contributed by atoms with E-state index in [4.69, 9.17) is 9.15 Å². The van der Waals surface area contributed by atoms with E-state index in [1.165, 1.54) is 13.4 Å². The number of fused-ring (bicyclic) bond motifs is 1. The quantitative estimate of drug-likeness (QED) is 0.650. The Morgan fingerprint density at radius 1 is 1.37 bits per heavy atom. The summed E-state index contributed by atoms with van der Waals surface area (Å²) in [4.78, 5) is 12.6. The number of furan rings is 1. The number of rotatable bonds is 5. The molecule has 0 saturated carbocycles. The van der Waals surface area contributed by atoms with Crippen molar-refractivity contribution in [2.45, 2.75) is 31.2 Å². The van der Waals surface area contributed by atoms with Gasteiger partial charge in [0.25, 0.3) is 5.91 Å². The number of nitrogens with zero attached hydrogens (tertiary/aromatic N) is 2. The number of carbonyl (C=O) groups is 1. The van der Waals surface area contributed by atoms with Crippen molar-refractivity contribution in [3.05, 3.63) is 65.7 Å². The minimum atomic E-state index is -4.53. The zero-order valence-electron chi connectivity index (χ0n) is 15.9. The van der Waals surface area contributed by atoms with Crippen LogP contribution < -0.4 is 15.4 Å². The van der Waals surface area contributed by atoms with Gasteiger partial charge in [0, 0.05) is 6.42 Å². The van der Waals surface area contributed by atoms with E-state index in [2.05, 4.69) is 15.7 Å². The number of amides is 1. The summed E-state index contributed by atoms with van der Waals surface area (Å²) in [7, 11) is 1.49. The summed E-state index contributed by atoms with van der Waals surface area (Å²) < 4.78 is 52.5. The van der Waals surface area contributed by atoms with Crippen LogP contribution in [0.25, 0.3) is 0 Å². The number of carbonyl (C=O) groups excluding carboxylic acids is 1. The summed E-state index contributed by atoms with van der Waals surface area (Å²) in [5.41, 5.74) is 0.654. The maximum absolute atomic E-state index is 13.8. The van der Waals surface area contributed by atoms with Gasteiger partial charge in [0.2, 0.25) is 0 Å². The molecule has 1 aliphatic rings. The van der Waals surface area contributed by atoms with Crippen LogP contribution in [0.5, 0.6) is 5.75 Å². The Kier molecular flexibility index (Phi) is 5.15. The molecule has 30 heavy (non-hydrogen) atoms. The highest BCUT2D eigenvalue weighted by atomic mass is 19.4. The van der Waals surface area contributed by atoms with Gasteiger partial charge in [-0.25, -0.2) is 4.68 Å². The van der Waals surface area contributed by atoms with E-state index in [0.29, 0.717) is 17.1 Å². The van der Waals surface area contributed by atoms with Crippen molar-refractivity contribution in [2.24, 2.45) is 0 Å². The maximum Gasteiger partial charge on any atom is 0.410 e. The Morgan fingerprint density at radius 2 is 2.20 bits per heavy atom. The van der Waals surface area contributed by atoms with Gasteiger partial charge >= 0.3 is 6.18 Å². The molecule has 2 aromatic heterocycles. The normalized spacial score (nSPS) is 18.4. The first-order valence-electron chi connectivity index (χ1n) is 9.22. The molecule has 0 aliphatic carbocycles. The van der Waals surface area contributed by atoms with Crippen LogP contribution >= 0.6 is 0 Å². The summed E-state index contributed by atoms with van der Waals surface area (Å²) in [5, 5.41) is 9.54. The second-order valence-electron chi connectivity index (χ2n) is 6.88. The zero-order chi connectivity index (χ0) is 21.3. The Hall–Kier alpha value is -3.43. The van der Waals surface area contributed by atoms with Gasteiger partial charge in [0.1, 0.15) is 22.9 Å². The first-order chi connectivity index (χ1) is 14.4. The van der Waals surface area contributed by atoms with Gasteiger partial charge in [0.15, 0.2) is 6.04 Å². The maximum atomic E-state index is 13.8. The summed E-state index contributed by atoms with van der Waals surface area (Å²) >= 11 is 0. The first kappa shape index (κ1) is 19.9. The molecule has 158 valence electrons. The highest BCUT2D eigenvalue weighted by molar-refractivity contribution is 5.98. The molecule has 0 saturated heterocycles. The van der Waals surface area contributed by atoms with Crippen LogP contribution in [-0.2, 0) is 6.54 Å². The number of methoxy groups -OCH3 is 1. The average Bonchev–Trinajstić information content (AvgIpc) is 3.40. The fourth-order valence-corrected chi connectivity index (χ4v) is 3.48. The molecule has 1 aliphatic heterocycles. The molecule has 10 heteroatoms. The van der Waals surface area contributed by atoms with Crippen molar-refractivity contribution < 1.29 is 27.1 Å². The molecular formula is C20H19F3N4O3. The lowest BCUT2D eigenvalue weighted by Crippen LogP contribution is -2.36. The average molecular weight is 420 g/mol. The van der Waals surface area contributed by atoms with Crippen LogP contribution in [0.2, 0.25) is 0 Å². The smallest absolute Gasteiger partial charge is 0.410 e. The first-order valence-corrected chi connectivity index (χ1v) is 9.22. The minimum Gasteiger partial charge on any atom is -0.497 e. The predicted octanol–water partition coefficient (Wildman–Crippen LogP) is 4.08. The summed E-state index contributed by atoms with van der Waals surface area (Å²) in [6, 6.07) is 7.64. The number of anilines is 1. The van der Waals surface area contributed by atoms with Crippen LogP contribution in [0, 0.1) is 0 Å². The van der Waals surface area contributed by atoms with Crippen molar-refractivity contribution in [3.63, 3.8) is 0 Å². The van der Waals surface area contributed by atoms with Crippen molar-refractivity contribution >= 4 is 11.7 Å². The number of alkyl halides is 3. The van der Waals surface area contributed by atoms with Crippen LogP contribution in [0.15, 0.2) is 53.3 Å². The number of hydrogen-bond donors (Lipinski definition) is 2. The minimum absolute atomic E-state index is 0.0216. The third-order valence-corrected chi connectivity index (χ3v) is 4.98. The van der Waals surface area contributed by atoms with Gasteiger partial charge < -0.3 is 19.8 Å². The lowest BCUT2D eigenvalue weighted by atomic mass is 9.96. The molecule has 3 heterocycles. The monoisotopic (exact) mass is 420 g/mol. The van der Waals surface area contributed by atoms with Gasteiger partial charge in [0.05, 0.1) is 32.2 Å². The van der Waals surface area contributed by atoms with E-state index in [9.17, 15) is 18.0 Å². The van der Waals surface area contributed by atoms with Gasteiger partial charge in [-0.05, 0) is 29.8 Å². The second-order valence-corrected chi connectivity index (χ2v) is 6.88. The van der Waals surface area contributed by atoms with Gasteiger partial charge in [-0.3, -0.25) is 4.79 Å². The summed E-state index contributed by atoms with van der Waals surface area (Å²) in [6.07, 6.45) is -2.18. The van der Waals surface area contributed by atoms with E-state index in [-0.39, 0.29) is 24.3 Å². The van der Waals surface area contributed by atoms with E-state index in [1.54, 1.807) is 36.4 Å². The molecule has 2 atom stereocenters. The topological polar surface area (TPSA) is 81.3 Å². The Balaban J connectivity index is 1.65. The predicted molar refractivity (Wildman–Crippen MR) is 101 cm³/mol. The highest BCUT2D eigenvalue weighted by Crippen LogP contribution is 2.44. The van der Waals surface area contributed by atoms with Gasteiger partial charge in [-0.2, -0.15) is 18.3 Å². The molecule has 0 unspecified atom stereocenters. The Labute approximate surface area is 169 Å². The molecule has 2 N–H and O–H groups in total. The lowest BCUT2D eigenvalue weighted by Gasteiger charge is -2.34. The number of aromatic nitrogens is 2. The summed E-state index contributed by atoms with van der Waals surface area (Å²) in [5.74, 6) is 0.536. The van der Waals surface area contributed by atoms with Crippen molar-refractivity contribution in [1.82, 2.24) is 15.1 Å².